The molecule has 1 atom stereocenters. The molecule has 1 heterocycles. The summed E-state index contributed by atoms with van der Waals surface area (Å²) in [7, 11) is 0. The monoisotopic (exact) mass is 466 g/mol. The molecular weight excluding hydrogens is 444 g/mol. The first-order valence-electron chi connectivity index (χ1n) is 10.6. The Morgan fingerprint density at radius 1 is 1.18 bits per heavy atom. The van der Waals surface area contributed by atoms with Crippen molar-refractivity contribution >= 4 is 40.3 Å². The molecule has 0 aromatic heterocycles. The van der Waals surface area contributed by atoms with Crippen LogP contribution in [-0.4, -0.2) is 37.2 Å². The minimum atomic E-state index is -0.462. The number of esters is 1. The van der Waals surface area contributed by atoms with Crippen LogP contribution in [0.4, 0.5) is 0 Å². The Morgan fingerprint density at radius 2 is 2.00 bits per heavy atom. The van der Waals surface area contributed by atoms with Crippen molar-refractivity contribution in [2.75, 3.05) is 13.2 Å². The maximum Gasteiger partial charge on any atom is 0.356 e. The molecule has 33 heavy (non-hydrogen) atoms. The Labute approximate surface area is 196 Å². The van der Waals surface area contributed by atoms with E-state index in [1.807, 2.05) is 60.7 Å². The zero-order valence-electron chi connectivity index (χ0n) is 18.1. The summed E-state index contributed by atoms with van der Waals surface area (Å²) >= 11 is 5.92. The van der Waals surface area contributed by atoms with Crippen LogP contribution in [0.2, 0.25) is 5.02 Å². The standard InChI is InChI=1S/C25H23ClN2O5/c1-2-30-25(29)23-13-20(33-28-23)16-31-24-12-9-18-5-3-4-6-21(18)22(24)14-27-32-15-17-7-10-19(26)11-8-17/h3-12,14,20H,2,13,15-16H2,1H3/b27-14+/t20-/m0/s1. The molecule has 4 rings (SSSR count). The second-order valence-corrected chi connectivity index (χ2v) is 7.77. The molecule has 0 spiro atoms. The number of carbonyl (C=O) groups is 1. The lowest BCUT2D eigenvalue weighted by atomic mass is 10.0. The van der Waals surface area contributed by atoms with Gasteiger partial charge in [0.05, 0.1) is 12.8 Å². The number of hydrogen-bond donors (Lipinski definition) is 0. The lowest BCUT2D eigenvalue weighted by molar-refractivity contribution is -0.135. The van der Waals surface area contributed by atoms with Gasteiger partial charge in [-0.25, -0.2) is 4.79 Å². The molecule has 7 nitrogen and oxygen atoms in total. The van der Waals surface area contributed by atoms with Gasteiger partial charge in [0.15, 0.2) is 11.8 Å². The molecule has 0 aliphatic carbocycles. The fourth-order valence-corrected chi connectivity index (χ4v) is 3.48. The lowest BCUT2D eigenvalue weighted by Gasteiger charge is -2.14. The second kappa shape index (κ2) is 10.8. The topological polar surface area (TPSA) is 78.7 Å². The van der Waals surface area contributed by atoms with Crippen molar-refractivity contribution in [2.24, 2.45) is 10.3 Å². The number of hydrogen-bond acceptors (Lipinski definition) is 7. The molecule has 0 saturated carbocycles. The van der Waals surface area contributed by atoms with E-state index in [9.17, 15) is 4.79 Å². The highest BCUT2D eigenvalue weighted by molar-refractivity contribution is 6.36. The van der Waals surface area contributed by atoms with Gasteiger partial charge in [-0.1, -0.05) is 64.4 Å². The summed E-state index contributed by atoms with van der Waals surface area (Å²) < 4.78 is 11.0. The Bertz CT molecular complexity index is 1180. The fourth-order valence-electron chi connectivity index (χ4n) is 3.35. The van der Waals surface area contributed by atoms with E-state index >= 15 is 0 Å². The van der Waals surface area contributed by atoms with Gasteiger partial charge >= 0.3 is 5.97 Å². The van der Waals surface area contributed by atoms with E-state index in [4.69, 9.17) is 30.7 Å². The molecule has 0 saturated heterocycles. The summed E-state index contributed by atoms with van der Waals surface area (Å²) in [6.07, 6.45) is 1.60. The molecule has 3 aromatic rings. The number of nitrogens with zero attached hydrogens (tertiary/aromatic N) is 2. The van der Waals surface area contributed by atoms with Crippen LogP contribution in [-0.2, 0) is 25.8 Å². The molecule has 1 aliphatic heterocycles. The first-order chi connectivity index (χ1) is 16.1. The first kappa shape index (κ1) is 22.6. The maximum atomic E-state index is 11.8. The summed E-state index contributed by atoms with van der Waals surface area (Å²) in [6.45, 7) is 2.57. The van der Waals surface area contributed by atoms with E-state index in [1.165, 1.54) is 0 Å². The van der Waals surface area contributed by atoms with E-state index in [2.05, 4.69) is 10.3 Å². The van der Waals surface area contributed by atoms with E-state index in [0.29, 0.717) is 30.4 Å². The summed E-state index contributed by atoms with van der Waals surface area (Å²) in [5.74, 6) is 0.164. The van der Waals surface area contributed by atoms with Crippen LogP contribution in [0.3, 0.4) is 0 Å². The van der Waals surface area contributed by atoms with Crippen LogP contribution in [0.25, 0.3) is 10.8 Å². The highest BCUT2D eigenvalue weighted by atomic mass is 35.5. The van der Waals surface area contributed by atoms with Gasteiger partial charge in [-0.3, -0.25) is 0 Å². The van der Waals surface area contributed by atoms with E-state index in [1.54, 1.807) is 13.1 Å². The number of carbonyl (C=O) groups excluding carboxylic acids is 1. The third-order valence-electron chi connectivity index (χ3n) is 5.00. The predicted molar refractivity (Wildman–Crippen MR) is 127 cm³/mol. The number of rotatable bonds is 9. The van der Waals surface area contributed by atoms with Gasteiger partial charge in [0, 0.05) is 17.0 Å². The minimum Gasteiger partial charge on any atom is -0.489 e. The van der Waals surface area contributed by atoms with Gasteiger partial charge in [0.25, 0.3) is 0 Å². The largest absolute Gasteiger partial charge is 0.489 e. The summed E-state index contributed by atoms with van der Waals surface area (Å²) in [5.41, 5.74) is 2.01. The van der Waals surface area contributed by atoms with Gasteiger partial charge in [-0.15, -0.1) is 0 Å². The van der Waals surface area contributed by atoms with Crippen LogP contribution in [0, 0.1) is 0 Å². The summed E-state index contributed by atoms with van der Waals surface area (Å²) in [4.78, 5) is 22.6. The van der Waals surface area contributed by atoms with Crippen LogP contribution in [0.15, 0.2) is 71.0 Å². The van der Waals surface area contributed by atoms with Crippen LogP contribution in [0.5, 0.6) is 5.75 Å². The Morgan fingerprint density at radius 3 is 2.82 bits per heavy atom. The normalized spacial score (nSPS) is 15.3. The van der Waals surface area contributed by atoms with Gasteiger partial charge in [-0.2, -0.15) is 0 Å². The zero-order chi connectivity index (χ0) is 23.0. The van der Waals surface area contributed by atoms with Crippen molar-refractivity contribution in [1.29, 1.82) is 0 Å². The number of fused-ring (bicyclic) bond motifs is 1. The molecule has 0 N–H and O–H groups in total. The van der Waals surface area contributed by atoms with Gasteiger partial charge in [0.1, 0.15) is 19.0 Å². The highest BCUT2D eigenvalue weighted by Gasteiger charge is 2.27. The highest BCUT2D eigenvalue weighted by Crippen LogP contribution is 2.27. The predicted octanol–water partition coefficient (Wildman–Crippen LogP) is 5.13. The van der Waals surface area contributed by atoms with Gasteiger partial charge in [0.2, 0.25) is 0 Å². The molecule has 0 radical (unpaired) electrons. The average molecular weight is 467 g/mol. The summed E-state index contributed by atoms with van der Waals surface area (Å²) in [5, 5.41) is 10.7. The van der Waals surface area contributed by atoms with Crippen molar-refractivity contribution in [3.63, 3.8) is 0 Å². The van der Waals surface area contributed by atoms with Gasteiger partial charge in [-0.05, 0) is 41.5 Å². The Kier molecular flexibility index (Phi) is 7.42. The molecule has 8 heteroatoms. The molecule has 0 unspecified atom stereocenters. The molecular formula is C25H23ClN2O5. The number of ether oxygens (including phenoxy) is 2. The van der Waals surface area contributed by atoms with Crippen molar-refractivity contribution in [1.82, 2.24) is 0 Å². The van der Waals surface area contributed by atoms with Crippen LogP contribution < -0.4 is 4.74 Å². The Balaban J connectivity index is 1.44. The van der Waals surface area contributed by atoms with E-state index in [0.717, 1.165) is 21.9 Å². The molecule has 0 fully saturated rings. The molecule has 3 aromatic carbocycles. The maximum absolute atomic E-state index is 11.8. The quantitative estimate of drug-likeness (QED) is 0.248. The van der Waals surface area contributed by atoms with Crippen LogP contribution in [0.1, 0.15) is 24.5 Å². The van der Waals surface area contributed by atoms with Crippen molar-refractivity contribution in [2.45, 2.75) is 26.1 Å². The average Bonchev–Trinajstić information content (AvgIpc) is 3.31. The van der Waals surface area contributed by atoms with Crippen LogP contribution >= 0.6 is 11.6 Å². The number of halogens is 1. The minimum absolute atomic E-state index is 0.219. The number of benzene rings is 3. The first-order valence-corrected chi connectivity index (χ1v) is 11.0. The van der Waals surface area contributed by atoms with Crippen molar-refractivity contribution in [3.05, 3.63) is 76.8 Å². The fraction of sp³-hybridized carbons (Fsp3) is 0.240. The second-order valence-electron chi connectivity index (χ2n) is 7.33. The summed E-state index contributed by atoms with van der Waals surface area (Å²) in [6, 6.07) is 19.2. The molecule has 170 valence electrons. The van der Waals surface area contributed by atoms with Gasteiger partial charge < -0.3 is 19.1 Å². The molecule has 0 bridgehead atoms. The Hall–Kier alpha value is -3.58. The van der Waals surface area contributed by atoms with Crippen molar-refractivity contribution in [3.8, 4) is 5.75 Å². The van der Waals surface area contributed by atoms with Crippen molar-refractivity contribution < 1.29 is 23.9 Å². The third kappa shape index (κ3) is 5.81. The zero-order valence-corrected chi connectivity index (χ0v) is 18.8. The SMILES string of the molecule is CCOC(=O)C1=NO[C@H](COc2ccc3ccccc3c2/C=N/OCc2ccc(Cl)cc2)C1. The molecule has 0 amide bonds. The molecule has 1 aliphatic rings. The third-order valence-corrected chi connectivity index (χ3v) is 5.25. The van der Waals surface area contributed by atoms with E-state index < -0.39 is 5.97 Å². The number of oxime groups is 2. The lowest BCUT2D eigenvalue weighted by Crippen LogP contribution is -2.22. The smallest absolute Gasteiger partial charge is 0.356 e. The van der Waals surface area contributed by atoms with E-state index in [-0.39, 0.29) is 18.4 Å².